The van der Waals surface area contributed by atoms with Gasteiger partial charge in [0.2, 0.25) is 0 Å². The molecule has 0 N–H and O–H groups in total. The predicted octanol–water partition coefficient (Wildman–Crippen LogP) is 2.07. The number of hydrogen-bond donors (Lipinski definition) is 0. The molecule has 5 nitrogen and oxygen atoms in total. The fourth-order valence-electron chi connectivity index (χ4n) is 1.43. The van der Waals surface area contributed by atoms with Gasteiger partial charge in [0.05, 0.1) is 4.90 Å². The molecule has 102 valence electrons. The lowest BCUT2D eigenvalue weighted by Crippen LogP contribution is -2.04. The van der Waals surface area contributed by atoms with Crippen LogP contribution in [0.5, 0.6) is 5.75 Å². The number of rotatable bonds is 4. The van der Waals surface area contributed by atoms with E-state index in [0.29, 0.717) is 5.82 Å². The Labute approximate surface area is 114 Å². The summed E-state index contributed by atoms with van der Waals surface area (Å²) in [5.74, 6) is -0.239. The average molecular weight is 305 g/mol. The van der Waals surface area contributed by atoms with Crippen LogP contribution in [0.2, 0.25) is 0 Å². The second-order valence-corrected chi connectivity index (χ2v) is 6.34. The van der Waals surface area contributed by atoms with Crippen LogP contribution in [0.1, 0.15) is 5.82 Å². The summed E-state index contributed by atoms with van der Waals surface area (Å²) < 4.78 is 42.7. The number of aryl methyl sites for hydroxylation is 1. The van der Waals surface area contributed by atoms with Gasteiger partial charge < -0.3 is 9.30 Å². The van der Waals surface area contributed by atoms with Crippen molar-refractivity contribution in [1.82, 2.24) is 9.55 Å². The Bertz CT molecular complexity index is 700. The van der Waals surface area contributed by atoms with Gasteiger partial charge in [-0.05, 0) is 18.2 Å². The van der Waals surface area contributed by atoms with Gasteiger partial charge in [0.1, 0.15) is 12.4 Å². The van der Waals surface area contributed by atoms with E-state index in [0.717, 1.165) is 6.07 Å². The molecule has 0 saturated carbocycles. The van der Waals surface area contributed by atoms with Gasteiger partial charge >= 0.3 is 0 Å². The lowest BCUT2D eigenvalue weighted by molar-refractivity contribution is 0.277. The number of benzene rings is 1. The van der Waals surface area contributed by atoms with E-state index >= 15 is 0 Å². The first-order valence-electron chi connectivity index (χ1n) is 5.21. The Balaban J connectivity index is 2.16. The normalized spacial score (nSPS) is 11.5. The maximum absolute atomic E-state index is 13.6. The molecular weight excluding hydrogens is 295 g/mol. The Morgan fingerprint density at radius 3 is 2.74 bits per heavy atom. The van der Waals surface area contributed by atoms with Crippen LogP contribution < -0.4 is 4.74 Å². The Kier molecular flexibility index (Phi) is 3.77. The van der Waals surface area contributed by atoms with Crippen LogP contribution >= 0.6 is 10.7 Å². The topological polar surface area (TPSA) is 61.2 Å². The summed E-state index contributed by atoms with van der Waals surface area (Å²) in [6.45, 7) is 0.0768. The van der Waals surface area contributed by atoms with Crippen LogP contribution in [0.15, 0.2) is 35.5 Å². The van der Waals surface area contributed by atoms with Crippen molar-refractivity contribution in [2.24, 2.45) is 7.05 Å². The first kappa shape index (κ1) is 13.8. The molecule has 0 aliphatic rings. The minimum Gasteiger partial charge on any atom is -0.483 e. The summed E-state index contributed by atoms with van der Waals surface area (Å²) in [6, 6.07) is 3.21. The van der Waals surface area contributed by atoms with E-state index in [4.69, 9.17) is 15.4 Å². The third-order valence-corrected chi connectivity index (χ3v) is 3.81. The zero-order valence-electron chi connectivity index (χ0n) is 9.88. The van der Waals surface area contributed by atoms with Gasteiger partial charge in [-0.1, -0.05) is 0 Å². The van der Waals surface area contributed by atoms with Crippen LogP contribution in [0.3, 0.4) is 0 Å². The molecule has 0 radical (unpaired) electrons. The van der Waals surface area contributed by atoms with E-state index in [2.05, 4.69) is 4.98 Å². The molecule has 0 amide bonds. The Hall–Kier alpha value is -1.60. The number of hydrogen-bond acceptors (Lipinski definition) is 4. The Morgan fingerprint density at radius 1 is 1.47 bits per heavy atom. The van der Waals surface area contributed by atoms with Gasteiger partial charge in [-0.15, -0.1) is 0 Å². The van der Waals surface area contributed by atoms with Crippen molar-refractivity contribution < 1.29 is 17.5 Å². The highest BCUT2D eigenvalue weighted by molar-refractivity contribution is 8.13. The molecule has 0 unspecified atom stereocenters. The highest BCUT2D eigenvalue weighted by Crippen LogP contribution is 2.23. The van der Waals surface area contributed by atoms with Crippen molar-refractivity contribution >= 4 is 19.7 Å². The van der Waals surface area contributed by atoms with Crippen molar-refractivity contribution in [2.75, 3.05) is 0 Å². The standard InChI is InChI=1S/C11H10ClFN2O3S/c1-15-5-4-14-11(15)7-18-10-3-2-8(6-9(10)13)19(12,16)17/h2-6H,7H2,1H3. The number of nitrogens with zero attached hydrogens (tertiary/aromatic N) is 2. The smallest absolute Gasteiger partial charge is 0.261 e. The van der Waals surface area contributed by atoms with Gasteiger partial charge in [-0.2, -0.15) is 0 Å². The number of halogens is 2. The van der Waals surface area contributed by atoms with E-state index in [9.17, 15) is 12.8 Å². The molecular formula is C11H10ClFN2O3S. The van der Waals surface area contributed by atoms with E-state index in [1.165, 1.54) is 12.1 Å². The van der Waals surface area contributed by atoms with Crippen LogP contribution in [-0.4, -0.2) is 18.0 Å². The van der Waals surface area contributed by atoms with Crippen molar-refractivity contribution in [3.8, 4) is 5.75 Å². The number of aromatic nitrogens is 2. The predicted molar refractivity (Wildman–Crippen MR) is 67.0 cm³/mol. The molecule has 0 spiro atoms. The minimum atomic E-state index is -3.95. The van der Waals surface area contributed by atoms with Crippen LogP contribution in [-0.2, 0) is 22.7 Å². The fraction of sp³-hybridized carbons (Fsp3) is 0.182. The molecule has 19 heavy (non-hydrogen) atoms. The average Bonchev–Trinajstić information content (AvgIpc) is 2.72. The molecule has 2 rings (SSSR count). The lowest BCUT2D eigenvalue weighted by atomic mass is 10.3. The molecule has 0 bridgehead atoms. The van der Waals surface area contributed by atoms with Gasteiger partial charge in [-0.3, -0.25) is 0 Å². The largest absolute Gasteiger partial charge is 0.483 e. The molecule has 0 aliphatic heterocycles. The van der Waals surface area contributed by atoms with E-state index in [-0.39, 0.29) is 17.3 Å². The molecule has 8 heteroatoms. The molecule has 1 heterocycles. The second-order valence-electron chi connectivity index (χ2n) is 3.77. The Morgan fingerprint density at radius 2 is 2.21 bits per heavy atom. The van der Waals surface area contributed by atoms with Gasteiger partial charge in [0, 0.05) is 30.1 Å². The molecule has 2 aromatic rings. The van der Waals surface area contributed by atoms with Crippen molar-refractivity contribution in [2.45, 2.75) is 11.5 Å². The summed E-state index contributed by atoms with van der Waals surface area (Å²) in [4.78, 5) is 3.71. The van der Waals surface area contributed by atoms with E-state index < -0.39 is 14.9 Å². The number of ether oxygens (including phenoxy) is 1. The van der Waals surface area contributed by atoms with E-state index in [1.54, 1.807) is 24.0 Å². The molecule has 1 aromatic carbocycles. The van der Waals surface area contributed by atoms with Gasteiger partial charge in [-0.25, -0.2) is 17.8 Å². The highest BCUT2D eigenvalue weighted by Gasteiger charge is 2.14. The maximum Gasteiger partial charge on any atom is 0.261 e. The summed E-state index contributed by atoms with van der Waals surface area (Å²) >= 11 is 0. The third-order valence-electron chi connectivity index (χ3n) is 2.46. The number of imidazole rings is 1. The third kappa shape index (κ3) is 3.24. The summed E-state index contributed by atoms with van der Waals surface area (Å²) in [6.07, 6.45) is 3.33. The molecule has 0 fully saturated rings. The monoisotopic (exact) mass is 304 g/mol. The first-order valence-corrected chi connectivity index (χ1v) is 7.52. The highest BCUT2D eigenvalue weighted by atomic mass is 35.7. The molecule has 0 saturated heterocycles. The van der Waals surface area contributed by atoms with Gasteiger partial charge in [0.25, 0.3) is 9.05 Å². The maximum atomic E-state index is 13.6. The van der Waals surface area contributed by atoms with Gasteiger partial charge in [0.15, 0.2) is 11.6 Å². The second kappa shape index (κ2) is 5.18. The van der Waals surface area contributed by atoms with E-state index in [1.807, 2.05) is 0 Å². The first-order chi connectivity index (χ1) is 8.88. The molecule has 0 aliphatic carbocycles. The van der Waals surface area contributed by atoms with Crippen LogP contribution in [0.25, 0.3) is 0 Å². The quantitative estimate of drug-likeness (QED) is 0.811. The van der Waals surface area contributed by atoms with Crippen molar-refractivity contribution in [1.29, 1.82) is 0 Å². The van der Waals surface area contributed by atoms with Crippen molar-refractivity contribution in [3.05, 3.63) is 42.2 Å². The summed E-state index contributed by atoms with van der Waals surface area (Å²) in [7, 11) is 2.95. The molecule has 0 atom stereocenters. The SMILES string of the molecule is Cn1ccnc1COc1ccc(S(=O)(=O)Cl)cc1F. The summed E-state index contributed by atoms with van der Waals surface area (Å²) in [5.41, 5.74) is 0. The lowest BCUT2D eigenvalue weighted by Gasteiger charge is -2.07. The summed E-state index contributed by atoms with van der Waals surface area (Å²) in [5, 5.41) is 0. The van der Waals surface area contributed by atoms with Crippen LogP contribution in [0, 0.1) is 5.82 Å². The zero-order valence-corrected chi connectivity index (χ0v) is 11.4. The minimum absolute atomic E-state index is 0.0629. The molecule has 1 aromatic heterocycles. The van der Waals surface area contributed by atoms with Crippen molar-refractivity contribution in [3.63, 3.8) is 0 Å². The zero-order chi connectivity index (χ0) is 14.0. The fourth-order valence-corrected chi connectivity index (χ4v) is 2.19. The van der Waals surface area contributed by atoms with Crippen LogP contribution in [0.4, 0.5) is 4.39 Å².